The molecule has 0 saturated heterocycles. The number of nitrogens with one attached hydrogen (secondary N) is 1. The van der Waals surface area contributed by atoms with Crippen LogP contribution in [0.1, 0.15) is 11.1 Å². The molecule has 0 fully saturated rings. The Morgan fingerprint density at radius 2 is 2.33 bits per heavy atom. The van der Waals surface area contributed by atoms with Gasteiger partial charge in [0, 0.05) is 12.1 Å². The first kappa shape index (κ1) is 8.65. The summed E-state index contributed by atoms with van der Waals surface area (Å²) < 4.78 is 12.9. The lowest BCUT2D eigenvalue weighted by molar-refractivity contribution is 0.594. The average Bonchev–Trinajstić information content (AvgIpc) is 2.09. The fourth-order valence-corrected chi connectivity index (χ4v) is 0.890. The minimum atomic E-state index is -0.355. The van der Waals surface area contributed by atoms with Gasteiger partial charge in [0.05, 0.1) is 11.6 Å². The van der Waals surface area contributed by atoms with E-state index >= 15 is 0 Å². The van der Waals surface area contributed by atoms with Crippen LogP contribution < -0.4 is 11.3 Å². The van der Waals surface area contributed by atoms with Gasteiger partial charge in [0.15, 0.2) is 0 Å². The molecule has 4 heteroatoms. The Morgan fingerprint density at radius 1 is 1.58 bits per heavy atom. The predicted molar refractivity (Wildman–Crippen MR) is 42.1 cm³/mol. The van der Waals surface area contributed by atoms with Gasteiger partial charge in [0.25, 0.3) is 0 Å². The molecule has 0 amide bonds. The Hall–Kier alpha value is -1.44. The van der Waals surface area contributed by atoms with Crippen molar-refractivity contribution in [1.82, 2.24) is 5.43 Å². The van der Waals surface area contributed by atoms with Gasteiger partial charge in [-0.15, -0.1) is 0 Å². The van der Waals surface area contributed by atoms with Crippen molar-refractivity contribution >= 4 is 0 Å². The van der Waals surface area contributed by atoms with Crippen LogP contribution in [0.2, 0.25) is 0 Å². The lowest BCUT2D eigenvalue weighted by atomic mass is 10.1. The number of hydrogen-bond donors (Lipinski definition) is 2. The lowest BCUT2D eigenvalue weighted by Gasteiger charge is -2.01. The molecule has 0 saturated carbocycles. The Balaban J connectivity index is 3.01. The van der Waals surface area contributed by atoms with Crippen LogP contribution in [0.25, 0.3) is 0 Å². The van der Waals surface area contributed by atoms with Crippen LogP contribution in [0.3, 0.4) is 0 Å². The Kier molecular flexibility index (Phi) is 2.75. The van der Waals surface area contributed by atoms with Gasteiger partial charge in [0.1, 0.15) is 5.82 Å². The van der Waals surface area contributed by atoms with Crippen molar-refractivity contribution in [2.24, 2.45) is 5.84 Å². The minimum absolute atomic E-state index is 0.224. The second-order valence-corrected chi connectivity index (χ2v) is 2.30. The van der Waals surface area contributed by atoms with Crippen molar-refractivity contribution in [2.75, 3.05) is 0 Å². The molecule has 0 heterocycles. The van der Waals surface area contributed by atoms with Crippen LogP contribution in [0.15, 0.2) is 18.2 Å². The quantitative estimate of drug-likeness (QED) is 0.500. The number of hydrazine groups is 1. The molecule has 0 aromatic heterocycles. The zero-order valence-electron chi connectivity index (χ0n) is 6.34. The molecule has 0 atom stereocenters. The lowest BCUT2D eigenvalue weighted by Crippen LogP contribution is -2.21. The van der Waals surface area contributed by atoms with Crippen LogP contribution in [-0.2, 0) is 6.54 Å². The summed E-state index contributed by atoms with van der Waals surface area (Å²) in [4.78, 5) is 0. The van der Waals surface area contributed by atoms with Gasteiger partial charge in [-0.1, -0.05) is 0 Å². The molecule has 1 aromatic carbocycles. The average molecular weight is 165 g/mol. The first-order chi connectivity index (χ1) is 5.77. The van der Waals surface area contributed by atoms with Crippen LogP contribution in [0, 0.1) is 17.1 Å². The molecule has 1 rings (SSSR count). The first-order valence-electron chi connectivity index (χ1n) is 3.40. The van der Waals surface area contributed by atoms with Crippen LogP contribution in [0.5, 0.6) is 0 Å². The largest absolute Gasteiger partial charge is 0.271 e. The fraction of sp³-hybridized carbons (Fsp3) is 0.125. The fourth-order valence-electron chi connectivity index (χ4n) is 0.890. The molecule has 0 spiro atoms. The van der Waals surface area contributed by atoms with Gasteiger partial charge in [-0.2, -0.15) is 5.26 Å². The van der Waals surface area contributed by atoms with E-state index in [4.69, 9.17) is 11.1 Å². The summed E-state index contributed by atoms with van der Waals surface area (Å²) in [6.07, 6.45) is 0. The van der Waals surface area contributed by atoms with E-state index in [-0.39, 0.29) is 12.4 Å². The summed E-state index contributed by atoms with van der Waals surface area (Å²) in [5, 5.41) is 8.50. The first-order valence-corrected chi connectivity index (χ1v) is 3.40. The van der Waals surface area contributed by atoms with Crippen LogP contribution in [0.4, 0.5) is 4.39 Å². The molecule has 0 aliphatic heterocycles. The maximum atomic E-state index is 12.9. The molecule has 62 valence electrons. The smallest absolute Gasteiger partial charge is 0.127 e. The molecule has 1 aromatic rings. The third-order valence-electron chi connectivity index (χ3n) is 1.47. The van der Waals surface area contributed by atoms with Crippen molar-refractivity contribution in [2.45, 2.75) is 6.54 Å². The topological polar surface area (TPSA) is 61.8 Å². The molecular formula is C8H8FN3. The molecule has 3 nitrogen and oxygen atoms in total. The van der Waals surface area contributed by atoms with Crippen molar-refractivity contribution in [3.63, 3.8) is 0 Å². The Morgan fingerprint density at radius 3 is 2.92 bits per heavy atom. The zero-order chi connectivity index (χ0) is 8.97. The molecule has 0 bridgehead atoms. The zero-order valence-corrected chi connectivity index (χ0v) is 6.34. The Labute approximate surface area is 69.6 Å². The summed E-state index contributed by atoms with van der Waals surface area (Å²) in [5.41, 5.74) is 3.16. The maximum Gasteiger partial charge on any atom is 0.127 e. The normalized spacial score (nSPS) is 9.42. The van der Waals surface area contributed by atoms with Gasteiger partial charge < -0.3 is 0 Å². The van der Waals surface area contributed by atoms with Crippen molar-refractivity contribution in [1.29, 1.82) is 5.26 Å². The highest BCUT2D eigenvalue weighted by Gasteiger charge is 2.01. The monoisotopic (exact) mass is 165 g/mol. The van der Waals surface area contributed by atoms with E-state index in [0.29, 0.717) is 11.1 Å². The minimum Gasteiger partial charge on any atom is -0.271 e. The summed E-state index contributed by atoms with van der Waals surface area (Å²) in [6.45, 7) is 0.224. The van der Waals surface area contributed by atoms with E-state index in [0.717, 1.165) is 0 Å². The molecule has 0 radical (unpaired) electrons. The summed E-state index contributed by atoms with van der Waals surface area (Å²) in [5.74, 6) is 4.67. The van der Waals surface area contributed by atoms with Crippen molar-refractivity contribution < 1.29 is 4.39 Å². The van der Waals surface area contributed by atoms with Crippen LogP contribution >= 0.6 is 0 Å². The summed E-state index contributed by atoms with van der Waals surface area (Å²) in [7, 11) is 0. The van der Waals surface area contributed by atoms with E-state index in [1.54, 1.807) is 0 Å². The van der Waals surface area contributed by atoms with Crippen molar-refractivity contribution in [3.05, 3.63) is 35.1 Å². The molecule has 0 aliphatic rings. The third kappa shape index (κ3) is 1.78. The number of rotatable bonds is 2. The SMILES string of the molecule is N#Cc1ccc(F)c(CNN)c1. The highest BCUT2D eigenvalue weighted by molar-refractivity contribution is 5.33. The molecular weight excluding hydrogens is 157 g/mol. The number of hydrogen-bond acceptors (Lipinski definition) is 3. The summed E-state index contributed by atoms with van der Waals surface area (Å²) in [6, 6.07) is 6.07. The van der Waals surface area contributed by atoms with Gasteiger partial charge in [-0.3, -0.25) is 11.3 Å². The van der Waals surface area contributed by atoms with E-state index < -0.39 is 0 Å². The highest BCUT2D eigenvalue weighted by atomic mass is 19.1. The molecule has 0 unspecified atom stereocenters. The van der Waals surface area contributed by atoms with E-state index in [9.17, 15) is 4.39 Å². The number of nitrogens with two attached hydrogens (primary N) is 1. The van der Waals surface area contributed by atoms with Gasteiger partial charge in [-0.05, 0) is 18.2 Å². The van der Waals surface area contributed by atoms with E-state index in [2.05, 4.69) is 5.43 Å². The third-order valence-corrected chi connectivity index (χ3v) is 1.47. The molecule has 0 aliphatic carbocycles. The maximum absolute atomic E-state index is 12.9. The predicted octanol–water partition coefficient (Wildman–Crippen LogP) is 0.661. The standard InChI is InChI=1S/C8H8FN3/c9-8-2-1-6(4-10)3-7(8)5-12-11/h1-3,12H,5,11H2. The van der Waals surface area contributed by atoms with Gasteiger partial charge >= 0.3 is 0 Å². The number of nitrogens with zero attached hydrogens (tertiary/aromatic N) is 1. The highest BCUT2D eigenvalue weighted by Crippen LogP contribution is 2.09. The second kappa shape index (κ2) is 3.81. The molecule has 3 N–H and O–H groups in total. The Bertz CT molecular complexity index is 317. The van der Waals surface area contributed by atoms with Crippen LogP contribution in [-0.4, -0.2) is 0 Å². The second-order valence-electron chi connectivity index (χ2n) is 2.30. The number of nitriles is 1. The van der Waals surface area contributed by atoms with E-state index in [1.165, 1.54) is 18.2 Å². The summed E-state index contributed by atoms with van der Waals surface area (Å²) >= 11 is 0. The molecule has 12 heavy (non-hydrogen) atoms. The van der Waals surface area contributed by atoms with E-state index in [1.807, 2.05) is 6.07 Å². The van der Waals surface area contributed by atoms with Gasteiger partial charge in [0.2, 0.25) is 0 Å². The number of benzene rings is 1. The van der Waals surface area contributed by atoms with Crippen molar-refractivity contribution in [3.8, 4) is 6.07 Å². The van der Waals surface area contributed by atoms with Gasteiger partial charge in [-0.25, -0.2) is 4.39 Å². The number of halogens is 1.